The van der Waals surface area contributed by atoms with E-state index in [1.54, 1.807) is 11.8 Å². The van der Waals surface area contributed by atoms with E-state index < -0.39 is 0 Å². The van der Waals surface area contributed by atoms with Crippen LogP contribution in [0, 0.1) is 0 Å². The Labute approximate surface area is 138 Å². The summed E-state index contributed by atoms with van der Waals surface area (Å²) in [4.78, 5) is 18.6. The molecule has 2 heterocycles. The van der Waals surface area contributed by atoms with Crippen LogP contribution in [0.15, 0.2) is 47.5 Å². The van der Waals surface area contributed by atoms with Gasteiger partial charge in [-0.05, 0) is 41.5 Å². The number of nitrogens with zero attached hydrogens (tertiary/aromatic N) is 2. The molecule has 0 aromatic heterocycles. The van der Waals surface area contributed by atoms with E-state index in [-0.39, 0.29) is 11.3 Å². The number of benzene rings is 2. The molecule has 1 saturated heterocycles. The predicted octanol–water partition coefficient (Wildman–Crippen LogP) is 4.38. The first kappa shape index (κ1) is 13.9. The second-order valence-corrected chi connectivity index (χ2v) is 6.81. The van der Waals surface area contributed by atoms with Crippen LogP contribution in [0.4, 0.5) is 11.4 Å². The van der Waals surface area contributed by atoms with E-state index in [1.165, 1.54) is 5.56 Å². The maximum atomic E-state index is 12.4. The first-order valence-corrected chi connectivity index (χ1v) is 8.49. The summed E-state index contributed by atoms with van der Waals surface area (Å²) in [5.41, 5.74) is 4.22. The molecular formula is C17H13ClN2OS. The molecule has 3 nitrogen and oxygen atoms in total. The number of thioether (sulfide) groups is 1. The van der Waals surface area contributed by atoms with E-state index in [9.17, 15) is 4.79 Å². The number of hydrogen-bond acceptors (Lipinski definition) is 3. The van der Waals surface area contributed by atoms with Gasteiger partial charge in [0.2, 0.25) is 5.91 Å². The van der Waals surface area contributed by atoms with E-state index in [2.05, 4.69) is 11.1 Å². The monoisotopic (exact) mass is 328 g/mol. The number of carbonyl (C=O) groups excluding carboxylic acids is 1. The van der Waals surface area contributed by atoms with Crippen LogP contribution in [0.3, 0.4) is 0 Å². The van der Waals surface area contributed by atoms with Crippen molar-refractivity contribution in [2.75, 3.05) is 10.7 Å². The second-order valence-electron chi connectivity index (χ2n) is 5.31. The Kier molecular flexibility index (Phi) is 3.43. The van der Waals surface area contributed by atoms with Crippen LogP contribution in [0.5, 0.6) is 0 Å². The zero-order valence-electron chi connectivity index (χ0n) is 11.7. The fraction of sp³-hybridized carbons (Fsp3) is 0.176. The van der Waals surface area contributed by atoms with Gasteiger partial charge in [-0.15, -0.1) is 11.8 Å². The number of fused-ring (bicyclic) bond motifs is 1. The summed E-state index contributed by atoms with van der Waals surface area (Å²) < 4.78 is 0. The van der Waals surface area contributed by atoms with Crippen molar-refractivity contribution in [2.24, 2.45) is 4.99 Å². The SMILES string of the molecule is O=C1CSC(c2ccc(Cl)cc2)N1c1ccc2c(c1)CC=N2. The molecule has 1 atom stereocenters. The lowest BCUT2D eigenvalue weighted by atomic mass is 10.1. The molecule has 4 rings (SSSR count). The highest BCUT2D eigenvalue weighted by molar-refractivity contribution is 8.00. The molecule has 2 aliphatic heterocycles. The van der Waals surface area contributed by atoms with Crippen LogP contribution in [-0.2, 0) is 11.2 Å². The normalized spacial score (nSPS) is 19.8. The quantitative estimate of drug-likeness (QED) is 0.819. The molecule has 2 aromatic rings. The van der Waals surface area contributed by atoms with E-state index in [0.717, 1.165) is 23.4 Å². The molecule has 0 aliphatic carbocycles. The molecule has 2 aromatic carbocycles. The van der Waals surface area contributed by atoms with E-state index in [0.29, 0.717) is 10.8 Å². The Morgan fingerprint density at radius 3 is 2.82 bits per heavy atom. The largest absolute Gasteiger partial charge is 0.295 e. The first-order valence-electron chi connectivity index (χ1n) is 7.07. The van der Waals surface area contributed by atoms with Gasteiger partial charge in [-0.3, -0.25) is 14.7 Å². The van der Waals surface area contributed by atoms with Crippen molar-refractivity contribution in [3.05, 3.63) is 58.6 Å². The van der Waals surface area contributed by atoms with Crippen molar-refractivity contribution in [1.29, 1.82) is 0 Å². The molecule has 1 unspecified atom stereocenters. The summed E-state index contributed by atoms with van der Waals surface area (Å²) in [5.74, 6) is 0.643. The lowest BCUT2D eigenvalue weighted by Crippen LogP contribution is -2.27. The molecule has 0 saturated carbocycles. The van der Waals surface area contributed by atoms with Crippen molar-refractivity contribution in [3.8, 4) is 0 Å². The van der Waals surface area contributed by atoms with E-state index >= 15 is 0 Å². The molecule has 110 valence electrons. The third-order valence-corrected chi connectivity index (χ3v) is 5.37. The predicted molar refractivity (Wildman–Crippen MR) is 92.4 cm³/mol. The van der Waals surface area contributed by atoms with Gasteiger partial charge < -0.3 is 0 Å². The number of rotatable bonds is 2. The fourth-order valence-electron chi connectivity index (χ4n) is 2.83. The average molecular weight is 329 g/mol. The van der Waals surface area contributed by atoms with Crippen LogP contribution in [0.25, 0.3) is 0 Å². The van der Waals surface area contributed by atoms with Crippen molar-refractivity contribution in [2.45, 2.75) is 11.8 Å². The van der Waals surface area contributed by atoms with Crippen molar-refractivity contribution in [3.63, 3.8) is 0 Å². The molecule has 22 heavy (non-hydrogen) atoms. The fourth-order valence-corrected chi connectivity index (χ4v) is 4.13. The summed E-state index contributed by atoms with van der Waals surface area (Å²) in [6, 6.07) is 13.8. The Balaban J connectivity index is 1.71. The lowest BCUT2D eigenvalue weighted by molar-refractivity contribution is -0.115. The number of aliphatic imine (C=N–C) groups is 1. The maximum Gasteiger partial charge on any atom is 0.238 e. The molecule has 5 heteroatoms. The second kappa shape index (κ2) is 5.45. The number of hydrogen-bond donors (Lipinski definition) is 0. The summed E-state index contributed by atoms with van der Waals surface area (Å²) in [6.45, 7) is 0. The van der Waals surface area contributed by atoms with Gasteiger partial charge in [-0.25, -0.2) is 0 Å². The standard InChI is InChI=1S/C17H13ClN2OS/c18-13-3-1-11(2-4-13)17-20(16(21)10-22-17)14-5-6-15-12(9-14)7-8-19-15/h1-6,8-9,17H,7,10H2. The topological polar surface area (TPSA) is 32.7 Å². The van der Waals surface area contributed by atoms with Crippen molar-refractivity contribution < 1.29 is 4.79 Å². The molecule has 1 amide bonds. The highest BCUT2D eigenvalue weighted by Gasteiger charge is 2.34. The summed E-state index contributed by atoms with van der Waals surface area (Å²) >= 11 is 7.61. The van der Waals surface area contributed by atoms with Gasteiger partial charge in [0.1, 0.15) is 5.37 Å². The number of carbonyl (C=O) groups is 1. The van der Waals surface area contributed by atoms with Gasteiger partial charge >= 0.3 is 0 Å². The molecule has 0 bridgehead atoms. The Bertz CT molecular complexity index is 773. The number of anilines is 1. The summed E-state index contributed by atoms with van der Waals surface area (Å²) in [6.07, 6.45) is 2.75. The first-order chi connectivity index (χ1) is 10.7. The van der Waals surface area contributed by atoms with Crippen LogP contribution in [-0.4, -0.2) is 17.9 Å². The summed E-state index contributed by atoms with van der Waals surface area (Å²) in [5, 5.41) is 0.712. The molecule has 0 spiro atoms. The van der Waals surface area contributed by atoms with E-state index in [4.69, 9.17) is 11.6 Å². The Morgan fingerprint density at radius 2 is 2.00 bits per heavy atom. The van der Waals surface area contributed by atoms with Gasteiger partial charge in [-0.1, -0.05) is 23.7 Å². The Morgan fingerprint density at radius 1 is 1.18 bits per heavy atom. The molecule has 0 radical (unpaired) electrons. The minimum Gasteiger partial charge on any atom is -0.295 e. The van der Waals surface area contributed by atoms with Crippen LogP contribution in [0.2, 0.25) is 5.02 Å². The average Bonchev–Trinajstić information content (AvgIpc) is 3.13. The number of amides is 1. The molecule has 2 aliphatic rings. The minimum absolute atomic E-state index is 0.00476. The zero-order chi connectivity index (χ0) is 15.1. The smallest absolute Gasteiger partial charge is 0.238 e. The van der Waals surface area contributed by atoms with Crippen molar-refractivity contribution in [1.82, 2.24) is 0 Å². The lowest BCUT2D eigenvalue weighted by Gasteiger charge is -2.25. The van der Waals surface area contributed by atoms with Gasteiger partial charge in [-0.2, -0.15) is 0 Å². The van der Waals surface area contributed by atoms with Gasteiger partial charge in [0.15, 0.2) is 0 Å². The van der Waals surface area contributed by atoms with E-state index in [1.807, 2.05) is 47.5 Å². The van der Waals surface area contributed by atoms with Gasteiger partial charge in [0.05, 0.1) is 11.4 Å². The Hall–Kier alpha value is -1.78. The van der Waals surface area contributed by atoms with Crippen molar-refractivity contribution >= 4 is 46.9 Å². The molecule has 1 fully saturated rings. The molecular weight excluding hydrogens is 316 g/mol. The minimum atomic E-state index is 0.00476. The maximum absolute atomic E-state index is 12.4. The highest BCUT2D eigenvalue weighted by Crippen LogP contribution is 2.43. The molecule has 0 N–H and O–H groups in total. The van der Waals surface area contributed by atoms with Gasteiger partial charge in [0, 0.05) is 23.3 Å². The van der Waals surface area contributed by atoms with Gasteiger partial charge in [0.25, 0.3) is 0 Å². The number of halogens is 1. The summed E-state index contributed by atoms with van der Waals surface area (Å²) in [7, 11) is 0. The highest BCUT2D eigenvalue weighted by atomic mass is 35.5. The third-order valence-electron chi connectivity index (χ3n) is 3.91. The third kappa shape index (κ3) is 2.32. The van der Waals surface area contributed by atoms with Crippen LogP contribution < -0.4 is 4.90 Å². The zero-order valence-corrected chi connectivity index (χ0v) is 13.3. The van der Waals surface area contributed by atoms with Crippen LogP contribution >= 0.6 is 23.4 Å². The van der Waals surface area contributed by atoms with Crippen LogP contribution in [0.1, 0.15) is 16.5 Å².